The summed E-state index contributed by atoms with van der Waals surface area (Å²) in [5.74, 6) is 0.849. The van der Waals surface area contributed by atoms with Gasteiger partial charge in [-0.15, -0.1) is 0 Å². The van der Waals surface area contributed by atoms with Crippen LogP contribution in [0.4, 0.5) is 0 Å². The standard InChI is InChI=1S/C12H22N2O/c1-5-14-12(6-10(4)13-14)7-11(8-15)9(2)3/h6,9,11,15H,5,7-8H2,1-4H3. The molecule has 3 nitrogen and oxygen atoms in total. The Morgan fingerprint density at radius 3 is 2.60 bits per heavy atom. The molecule has 1 rings (SSSR count). The van der Waals surface area contributed by atoms with Crippen LogP contribution in [0.25, 0.3) is 0 Å². The molecule has 0 saturated heterocycles. The van der Waals surface area contributed by atoms with Crippen LogP contribution in [0.2, 0.25) is 0 Å². The molecule has 15 heavy (non-hydrogen) atoms. The van der Waals surface area contributed by atoms with E-state index < -0.39 is 0 Å². The van der Waals surface area contributed by atoms with Crippen LogP contribution in [-0.2, 0) is 13.0 Å². The van der Waals surface area contributed by atoms with Crippen molar-refractivity contribution in [1.82, 2.24) is 9.78 Å². The summed E-state index contributed by atoms with van der Waals surface area (Å²) in [4.78, 5) is 0. The van der Waals surface area contributed by atoms with Crippen molar-refractivity contribution in [2.75, 3.05) is 6.61 Å². The Kier molecular flexibility index (Phi) is 4.33. The number of aliphatic hydroxyl groups excluding tert-OH is 1. The van der Waals surface area contributed by atoms with E-state index in [1.54, 1.807) is 0 Å². The third kappa shape index (κ3) is 3.06. The average Bonchev–Trinajstić information content (AvgIpc) is 2.54. The number of hydrogen-bond acceptors (Lipinski definition) is 2. The summed E-state index contributed by atoms with van der Waals surface area (Å²) in [7, 11) is 0. The SMILES string of the molecule is CCn1nc(C)cc1CC(CO)C(C)C. The topological polar surface area (TPSA) is 38.0 Å². The Bertz CT molecular complexity index is 305. The number of aryl methyl sites for hydroxylation is 2. The van der Waals surface area contributed by atoms with Crippen molar-refractivity contribution < 1.29 is 5.11 Å². The van der Waals surface area contributed by atoms with Crippen molar-refractivity contribution in [3.05, 3.63) is 17.5 Å². The van der Waals surface area contributed by atoms with Gasteiger partial charge in [0.15, 0.2) is 0 Å². The Labute approximate surface area is 92.1 Å². The van der Waals surface area contributed by atoms with Crippen LogP contribution in [0.5, 0.6) is 0 Å². The molecule has 0 saturated carbocycles. The quantitative estimate of drug-likeness (QED) is 0.807. The summed E-state index contributed by atoms with van der Waals surface area (Å²) in [5.41, 5.74) is 2.30. The number of nitrogens with zero attached hydrogens (tertiary/aromatic N) is 2. The van der Waals surface area contributed by atoms with Crippen LogP contribution in [-0.4, -0.2) is 21.5 Å². The van der Waals surface area contributed by atoms with Crippen molar-refractivity contribution in [3.8, 4) is 0 Å². The average molecular weight is 210 g/mol. The fraction of sp³-hybridized carbons (Fsp3) is 0.750. The van der Waals surface area contributed by atoms with Gasteiger partial charge < -0.3 is 5.11 Å². The van der Waals surface area contributed by atoms with Gasteiger partial charge in [0.05, 0.1) is 5.69 Å². The second-order valence-corrected chi connectivity index (χ2v) is 4.48. The zero-order chi connectivity index (χ0) is 11.4. The third-order valence-electron chi connectivity index (χ3n) is 2.93. The van der Waals surface area contributed by atoms with Gasteiger partial charge in [-0.05, 0) is 38.2 Å². The highest BCUT2D eigenvalue weighted by molar-refractivity contribution is 5.09. The molecule has 0 radical (unpaired) electrons. The first-order chi connectivity index (χ1) is 7.08. The molecule has 3 heteroatoms. The first-order valence-corrected chi connectivity index (χ1v) is 5.72. The molecular weight excluding hydrogens is 188 g/mol. The summed E-state index contributed by atoms with van der Waals surface area (Å²) < 4.78 is 2.03. The lowest BCUT2D eigenvalue weighted by molar-refractivity contribution is 0.187. The van der Waals surface area contributed by atoms with Crippen LogP contribution < -0.4 is 0 Å². The molecular formula is C12H22N2O. The predicted octanol–water partition coefficient (Wildman–Crippen LogP) is 2.02. The molecule has 0 bridgehead atoms. The van der Waals surface area contributed by atoms with Crippen LogP contribution in [0, 0.1) is 18.8 Å². The highest BCUT2D eigenvalue weighted by atomic mass is 16.3. The van der Waals surface area contributed by atoms with E-state index in [1.807, 2.05) is 11.6 Å². The van der Waals surface area contributed by atoms with E-state index in [-0.39, 0.29) is 6.61 Å². The van der Waals surface area contributed by atoms with E-state index in [2.05, 4.69) is 31.9 Å². The van der Waals surface area contributed by atoms with Gasteiger partial charge in [-0.25, -0.2) is 0 Å². The first kappa shape index (κ1) is 12.2. The first-order valence-electron chi connectivity index (χ1n) is 5.72. The highest BCUT2D eigenvalue weighted by Gasteiger charge is 2.15. The van der Waals surface area contributed by atoms with E-state index in [9.17, 15) is 5.11 Å². The second-order valence-electron chi connectivity index (χ2n) is 4.48. The molecule has 1 atom stereocenters. The number of aliphatic hydroxyl groups is 1. The lowest BCUT2D eigenvalue weighted by Gasteiger charge is -2.18. The van der Waals surface area contributed by atoms with Gasteiger partial charge in [0, 0.05) is 18.8 Å². The smallest absolute Gasteiger partial charge is 0.0596 e. The predicted molar refractivity (Wildman–Crippen MR) is 61.8 cm³/mol. The van der Waals surface area contributed by atoms with Crippen LogP contribution >= 0.6 is 0 Å². The molecule has 0 spiro atoms. The molecule has 1 aromatic heterocycles. The zero-order valence-corrected chi connectivity index (χ0v) is 10.2. The largest absolute Gasteiger partial charge is 0.396 e. The van der Waals surface area contributed by atoms with E-state index in [4.69, 9.17) is 0 Å². The van der Waals surface area contributed by atoms with E-state index in [0.717, 1.165) is 18.7 Å². The number of rotatable bonds is 5. The summed E-state index contributed by atoms with van der Waals surface area (Å²) in [5, 5.41) is 13.7. The molecule has 1 unspecified atom stereocenters. The van der Waals surface area contributed by atoms with E-state index >= 15 is 0 Å². The molecule has 1 heterocycles. The normalized spacial score (nSPS) is 13.5. The number of hydrogen-bond donors (Lipinski definition) is 1. The van der Waals surface area contributed by atoms with Crippen molar-refractivity contribution in [3.63, 3.8) is 0 Å². The number of aromatic nitrogens is 2. The molecule has 0 aliphatic rings. The molecule has 1 aromatic rings. The third-order valence-corrected chi connectivity index (χ3v) is 2.93. The fourth-order valence-corrected chi connectivity index (χ4v) is 1.82. The van der Waals surface area contributed by atoms with Gasteiger partial charge >= 0.3 is 0 Å². The van der Waals surface area contributed by atoms with Gasteiger partial charge in [0.2, 0.25) is 0 Å². The minimum atomic E-state index is 0.256. The van der Waals surface area contributed by atoms with Gasteiger partial charge in [-0.1, -0.05) is 13.8 Å². The molecule has 86 valence electrons. The van der Waals surface area contributed by atoms with Crippen molar-refractivity contribution >= 4 is 0 Å². The highest BCUT2D eigenvalue weighted by Crippen LogP contribution is 2.17. The molecule has 0 amide bonds. The van der Waals surface area contributed by atoms with Gasteiger partial charge in [0.25, 0.3) is 0 Å². The Balaban J connectivity index is 2.77. The van der Waals surface area contributed by atoms with E-state index in [1.165, 1.54) is 5.69 Å². The molecule has 0 fully saturated rings. The van der Waals surface area contributed by atoms with Gasteiger partial charge in [-0.2, -0.15) is 5.10 Å². The Hall–Kier alpha value is -0.830. The fourth-order valence-electron chi connectivity index (χ4n) is 1.82. The summed E-state index contributed by atoms with van der Waals surface area (Å²) in [6, 6.07) is 2.12. The minimum Gasteiger partial charge on any atom is -0.396 e. The lowest BCUT2D eigenvalue weighted by atomic mass is 9.92. The van der Waals surface area contributed by atoms with Crippen LogP contribution in [0.3, 0.4) is 0 Å². The summed E-state index contributed by atoms with van der Waals surface area (Å²) in [6.07, 6.45) is 0.919. The van der Waals surface area contributed by atoms with E-state index in [0.29, 0.717) is 11.8 Å². The second kappa shape index (κ2) is 5.31. The van der Waals surface area contributed by atoms with Crippen LogP contribution in [0.15, 0.2) is 6.07 Å². The van der Waals surface area contributed by atoms with Crippen molar-refractivity contribution in [1.29, 1.82) is 0 Å². The van der Waals surface area contributed by atoms with Gasteiger partial charge in [0.1, 0.15) is 0 Å². The minimum absolute atomic E-state index is 0.256. The van der Waals surface area contributed by atoms with Crippen LogP contribution in [0.1, 0.15) is 32.2 Å². The maximum atomic E-state index is 9.30. The molecule has 1 N–H and O–H groups in total. The Morgan fingerprint density at radius 1 is 1.47 bits per heavy atom. The van der Waals surface area contributed by atoms with Crippen molar-refractivity contribution in [2.24, 2.45) is 11.8 Å². The molecule has 0 aromatic carbocycles. The van der Waals surface area contributed by atoms with Gasteiger partial charge in [-0.3, -0.25) is 4.68 Å². The maximum absolute atomic E-state index is 9.30. The molecule has 0 aliphatic heterocycles. The summed E-state index contributed by atoms with van der Waals surface area (Å²) in [6.45, 7) is 9.57. The van der Waals surface area contributed by atoms with Crippen molar-refractivity contribution in [2.45, 2.75) is 40.7 Å². The molecule has 0 aliphatic carbocycles. The monoisotopic (exact) mass is 210 g/mol. The lowest BCUT2D eigenvalue weighted by Crippen LogP contribution is -2.18. The maximum Gasteiger partial charge on any atom is 0.0596 e. The summed E-state index contributed by atoms with van der Waals surface area (Å²) >= 11 is 0. The Morgan fingerprint density at radius 2 is 2.13 bits per heavy atom. The zero-order valence-electron chi connectivity index (χ0n) is 10.2.